The smallest absolute Gasteiger partial charge is 0.262 e. The van der Waals surface area contributed by atoms with Gasteiger partial charge in [0.15, 0.2) is 0 Å². The van der Waals surface area contributed by atoms with E-state index in [4.69, 9.17) is 0 Å². The van der Waals surface area contributed by atoms with Crippen LogP contribution in [0, 0.1) is 5.92 Å². The Balaban J connectivity index is 1.92. The van der Waals surface area contributed by atoms with E-state index in [0.717, 1.165) is 18.0 Å². The topological polar surface area (TPSA) is 69.7 Å². The Labute approximate surface area is 135 Å². The van der Waals surface area contributed by atoms with Crippen LogP contribution in [0.25, 0.3) is 0 Å². The van der Waals surface area contributed by atoms with Gasteiger partial charge < -0.3 is 10.2 Å². The highest BCUT2D eigenvalue weighted by Gasteiger charge is 2.45. The molecule has 0 spiro atoms. The van der Waals surface area contributed by atoms with Crippen molar-refractivity contribution in [3.63, 3.8) is 0 Å². The van der Waals surface area contributed by atoms with Gasteiger partial charge in [-0.3, -0.25) is 19.3 Å². The minimum atomic E-state index is -0.750. The molecule has 1 saturated heterocycles. The van der Waals surface area contributed by atoms with Gasteiger partial charge in [0.25, 0.3) is 11.8 Å². The van der Waals surface area contributed by atoms with Gasteiger partial charge in [0.05, 0.1) is 11.1 Å². The van der Waals surface area contributed by atoms with Gasteiger partial charge in [0.1, 0.15) is 6.04 Å². The summed E-state index contributed by atoms with van der Waals surface area (Å²) in [5.41, 5.74) is 0.771. The fourth-order valence-corrected chi connectivity index (χ4v) is 3.23. The molecule has 0 aliphatic carbocycles. The molecule has 6 heteroatoms. The highest BCUT2D eigenvalue weighted by molar-refractivity contribution is 6.22. The minimum Gasteiger partial charge on any atom is -0.338 e. The average Bonchev–Trinajstić information content (AvgIpc) is 2.81. The van der Waals surface area contributed by atoms with Crippen LogP contribution in [0.2, 0.25) is 0 Å². The first-order valence-corrected chi connectivity index (χ1v) is 7.99. The van der Waals surface area contributed by atoms with Crippen molar-refractivity contribution in [2.75, 3.05) is 26.2 Å². The van der Waals surface area contributed by atoms with E-state index in [-0.39, 0.29) is 23.6 Å². The Kier molecular flexibility index (Phi) is 4.17. The average molecular weight is 315 g/mol. The van der Waals surface area contributed by atoms with Gasteiger partial charge in [-0.15, -0.1) is 0 Å². The summed E-state index contributed by atoms with van der Waals surface area (Å²) < 4.78 is 0. The van der Waals surface area contributed by atoms with Crippen LogP contribution in [0.3, 0.4) is 0 Å². The lowest BCUT2D eigenvalue weighted by Gasteiger charge is -2.35. The van der Waals surface area contributed by atoms with Gasteiger partial charge in [-0.25, -0.2) is 0 Å². The fourth-order valence-electron chi connectivity index (χ4n) is 3.23. The summed E-state index contributed by atoms with van der Waals surface area (Å²) in [6, 6.07) is 6.00. The Hall–Kier alpha value is -2.21. The number of nitrogens with one attached hydrogen (secondary N) is 1. The van der Waals surface area contributed by atoms with E-state index in [1.807, 2.05) is 13.8 Å². The van der Waals surface area contributed by atoms with Crippen molar-refractivity contribution < 1.29 is 14.4 Å². The van der Waals surface area contributed by atoms with E-state index in [0.29, 0.717) is 24.2 Å². The normalized spacial score (nSPS) is 19.3. The molecule has 1 aromatic rings. The van der Waals surface area contributed by atoms with Gasteiger partial charge in [-0.1, -0.05) is 26.0 Å². The first-order chi connectivity index (χ1) is 11.0. The molecule has 1 N–H and O–H groups in total. The molecule has 23 heavy (non-hydrogen) atoms. The summed E-state index contributed by atoms with van der Waals surface area (Å²) in [5.74, 6) is -1.02. The van der Waals surface area contributed by atoms with Gasteiger partial charge in [-0.2, -0.15) is 0 Å². The number of piperazine rings is 1. The molecule has 0 aromatic heterocycles. The van der Waals surface area contributed by atoms with Crippen LogP contribution >= 0.6 is 0 Å². The van der Waals surface area contributed by atoms with Crippen molar-refractivity contribution in [3.05, 3.63) is 35.4 Å². The number of amides is 3. The van der Waals surface area contributed by atoms with Crippen molar-refractivity contribution in [1.82, 2.24) is 15.1 Å². The van der Waals surface area contributed by atoms with Gasteiger partial charge in [0.2, 0.25) is 5.91 Å². The van der Waals surface area contributed by atoms with Gasteiger partial charge >= 0.3 is 0 Å². The zero-order valence-corrected chi connectivity index (χ0v) is 13.4. The number of hydrogen-bond donors (Lipinski definition) is 1. The van der Waals surface area contributed by atoms with E-state index in [1.165, 1.54) is 0 Å². The number of imide groups is 1. The van der Waals surface area contributed by atoms with Gasteiger partial charge in [-0.05, 0) is 18.1 Å². The number of fused-ring (bicyclic) bond motifs is 1. The number of benzene rings is 1. The van der Waals surface area contributed by atoms with Crippen molar-refractivity contribution in [2.45, 2.75) is 19.9 Å². The Bertz CT molecular complexity index is 615. The summed E-state index contributed by atoms with van der Waals surface area (Å²) in [4.78, 5) is 41.1. The maximum Gasteiger partial charge on any atom is 0.262 e. The molecule has 1 aromatic carbocycles. The predicted molar refractivity (Wildman–Crippen MR) is 85.0 cm³/mol. The Morgan fingerprint density at radius 3 is 2.04 bits per heavy atom. The van der Waals surface area contributed by atoms with Crippen LogP contribution in [0.4, 0.5) is 0 Å². The molecule has 1 fully saturated rings. The van der Waals surface area contributed by atoms with Crippen molar-refractivity contribution in [3.8, 4) is 0 Å². The quantitative estimate of drug-likeness (QED) is 0.835. The molecular formula is C17H21N3O3. The largest absolute Gasteiger partial charge is 0.338 e. The summed E-state index contributed by atoms with van der Waals surface area (Å²) >= 11 is 0. The lowest BCUT2D eigenvalue weighted by atomic mass is 10.0. The first-order valence-electron chi connectivity index (χ1n) is 7.99. The third kappa shape index (κ3) is 2.63. The molecule has 0 radical (unpaired) electrons. The molecule has 6 nitrogen and oxygen atoms in total. The van der Waals surface area contributed by atoms with Crippen molar-refractivity contribution in [2.24, 2.45) is 5.92 Å². The molecule has 2 aliphatic rings. The zero-order chi connectivity index (χ0) is 16.6. The number of rotatable bonds is 3. The fraction of sp³-hybridized carbons (Fsp3) is 0.471. The van der Waals surface area contributed by atoms with E-state index < -0.39 is 6.04 Å². The lowest BCUT2D eigenvalue weighted by molar-refractivity contribution is -0.137. The monoisotopic (exact) mass is 315 g/mol. The van der Waals surface area contributed by atoms with Crippen LogP contribution in [0.1, 0.15) is 34.6 Å². The van der Waals surface area contributed by atoms with Crippen molar-refractivity contribution >= 4 is 17.7 Å². The van der Waals surface area contributed by atoms with E-state index in [1.54, 1.807) is 29.2 Å². The van der Waals surface area contributed by atoms with Crippen LogP contribution < -0.4 is 5.32 Å². The second-order valence-electron chi connectivity index (χ2n) is 6.29. The molecule has 0 saturated carbocycles. The van der Waals surface area contributed by atoms with Crippen LogP contribution in [0.5, 0.6) is 0 Å². The standard InChI is InChI=1S/C17H21N3O3/c1-11(2)14(17(23)19-9-7-18-8-10-19)20-15(21)12-5-3-4-6-13(12)16(20)22/h3-6,11,14,18H,7-10H2,1-2H3. The Morgan fingerprint density at radius 1 is 1.04 bits per heavy atom. The summed E-state index contributed by atoms with van der Waals surface area (Å²) in [6.07, 6.45) is 0. The van der Waals surface area contributed by atoms with Crippen LogP contribution in [0.15, 0.2) is 24.3 Å². The van der Waals surface area contributed by atoms with Gasteiger partial charge in [0, 0.05) is 26.2 Å². The minimum absolute atomic E-state index is 0.139. The second kappa shape index (κ2) is 6.12. The third-order valence-electron chi connectivity index (χ3n) is 4.42. The maximum absolute atomic E-state index is 12.9. The highest BCUT2D eigenvalue weighted by Crippen LogP contribution is 2.28. The molecule has 0 bridgehead atoms. The molecule has 2 heterocycles. The summed E-state index contributed by atoms with van der Waals surface area (Å²) in [6.45, 7) is 6.41. The van der Waals surface area contributed by atoms with Crippen LogP contribution in [-0.4, -0.2) is 59.7 Å². The number of carbonyl (C=O) groups excluding carboxylic acids is 3. The molecule has 1 unspecified atom stereocenters. The zero-order valence-electron chi connectivity index (χ0n) is 13.4. The second-order valence-corrected chi connectivity index (χ2v) is 6.29. The molecule has 3 rings (SSSR count). The lowest BCUT2D eigenvalue weighted by Crippen LogP contribution is -2.57. The molecule has 3 amide bonds. The number of nitrogens with zero attached hydrogens (tertiary/aromatic N) is 2. The summed E-state index contributed by atoms with van der Waals surface area (Å²) in [7, 11) is 0. The van der Waals surface area contributed by atoms with E-state index in [2.05, 4.69) is 5.32 Å². The highest BCUT2D eigenvalue weighted by atomic mass is 16.2. The third-order valence-corrected chi connectivity index (χ3v) is 4.42. The maximum atomic E-state index is 12.9. The molecular weight excluding hydrogens is 294 g/mol. The predicted octanol–water partition coefficient (Wildman–Crippen LogP) is 0.739. The molecule has 1 atom stereocenters. The van der Waals surface area contributed by atoms with Crippen LogP contribution in [-0.2, 0) is 4.79 Å². The first kappa shape index (κ1) is 15.7. The Morgan fingerprint density at radius 2 is 1.57 bits per heavy atom. The number of carbonyl (C=O) groups is 3. The number of hydrogen-bond acceptors (Lipinski definition) is 4. The SMILES string of the molecule is CC(C)C(C(=O)N1CCNCC1)N1C(=O)c2ccccc2C1=O. The molecule has 122 valence electrons. The van der Waals surface area contributed by atoms with E-state index in [9.17, 15) is 14.4 Å². The summed E-state index contributed by atoms with van der Waals surface area (Å²) in [5, 5.41) is 3.20. The van der Waals surface area contributed by atoms with Crippen molar-refractivity contribution in [1.29, 1.82) is 0 Å². The van der Waals surface area contributed by atoms with E-state index >= 15 is 0 Å². The molecule has 2 aliphatic heterocycles.